The Hall–Kier alpha value is -2.34. The first-order chi connectivity index (χ1) is 9.83. The van der Waals surface area contributed by atoms with Crippen LogP contribution in [0.25, 0.3) is 16.8 Å². The minimum absolute atomic E-state index is 0.416. The number of hydrogen-bond acceptors (Lipinski definition) is 0. The second kappa shape index (κ2) is 5.75. The first-order valence-electron chi connectivity index (χ1n) is 7.05. The summed E-state index contributed by atoms with van der Waals surface area (Å²) in [6, 6.07) is 25.7. The van der Waals surface area contributed by atoms with Gasteiger partial charge in [-0.1, -0.05) is 91.9 Å². The van der Waals surface area contributed by atoms with Gasteiger partial charge in [-0.15, -0.1) is 0 Å². The van der Waals surface area contributed by atoms with Crippen LogP contribution in [-0.4, -0.2) is 0 Å². The largest absolute Gasteiger partial charge is 0.0767 e. The highest BCUT2D eigenvalue weighted by molar-refractivity contribution is 5.83. The quantitative estimate of drug-likeness (QED) is 0.569. The molecule has 0 aliphatic carbocycles. The number of benzene rings is 3. The van der Waals surface area contributed by atoms with E-state index in [1.165, 1.54) is 21.9 Å². The number of rotatable bonds is 3. The SMILES string of the molecule is CC(/C=C/c1ccccc1)c1ccc2ccccc2c1. The minimum atomic E-state index is 0.416. The maximum atomic E-state index is 2.29. The van der Waals surface area contributed by atoms with Crippen molar-refractivity contribution in [3.63, 3.8) is 0 Å². The molecule has 98 valence electrons. The molecular weight excluding hydrogens is 240 g/mol. The van der Waals surface area contributed by atoms with E-state index in [0.717, 1.165) is 0 Å². The minimum Gasteiger partial charge on any atom is -0.0767 e. The predicted octanol–water partition coefficient (Wildman–Crippen LogP) is 5.66. The molecule has 0 bridgehead atoms. The number of hydrogen-bond donors (Lipinski definition) is 0. The van der Waals surface area contributed by atoms with Gasteiger partial charge in [0.25, 0.3) is 0 Å². The molecule has 0 aliphatic rings. The summed E-state index contributed by atoms with van der Waals surface area (Å²) in [5, 5.41) is 2.61. The summed E-state index contributed by atoms with van der Waals surface area (Å²) in [6.45, 7) is 2.24. The van der Waals surface area contributed by atoms with Crippen molar-refractivity contribution in [1.29, 1.82) is 0 Å². The zero-order chi connectivity index (χ0) is 13.8. The van der Waals surface area contributed by atoms with Crippen LogP contribution >= 0.6 is 0 Å². The summed E-state index contributed by atoms with van der Waals surface area (Å²) in [6.07, 6.45) is 4.46. The molecule has 20 heavy (non-hydrogen) atoms. The normalized spacial score (nSPS) is 12.8. The molecular formula is C20H18. The molecule has 0 saturated carbocycles. The standard InChI is InChI=1S/C20H18/c1-16(11-12-17-7-3-2-4-8-17)19-14-13-18-9-5-6-10-20(18)15-19/h2-16H,1H3/b12-11+. The van der Waals surface area contributed by atoms with Gasteiger partial charge in [-0.25, -0.2) is 0 Å². The van der Waals surface area contributed by atoms with Gasteiger partial charge >= 0.3 is 0 Å². The van der Waals surface area contributed by atoms with Crippen LogP contribution in [0.15, 0.2) is 78.9 Å². The van der Waals surface area contributed by atoms with Gasteiger partial charge in [0.15, 0.2) is 0 Å². The first-order valence-corrected chi connectivity index (χ1v) is 7.05. The maximum absolute atomic E-state index is 2.29. The Balaban J connectivity index is 1.85. The van der Waals surface area contributed by atoms with Crippen LogP contribution in [0.5, 0.6) is 0 Å². The Bertz CT molecular complexity index is 723. The summed E-state index contributed by atoms with van der Waals surface area (Å²) in [7, 11) is 0. The van der Waals surface area contributed by atoms with E-state index in [4.69, 9.17) is 0 Å². The summed E-state index contributed by atoms with van der Waals surface area (Å²) < 4.78 is 0. The Labute approximate surface area is 120 Å². The van der Waals surface area contributed by atoms with E-state index in [1.807, 2.05) is 6.07 Å². The van der Waals surface area contributed by atoms with Gasteiger partial charge in [-0.05, 0) is 27.8 Å². The van der Waals surface area contributed by atoms with E-state index < -0.39 is 0 Å². The van der Waals surface area contributed by atoms with Crippen molar-refractivity contribution in [2.75, 3.05) is 0 Å². The van der Waals surface area contributed by atoms with Crippen molar-refractivity contribution in [2.45, 2.75) is 12.8 Å². The molecule has 0 amide bonds. The maximum Gasteiger partial charge on any atom is -0.000688 e. The fourth-order valence-corrected chi connectivity index (χ4v) is 2.42. The molecule has 0 radical (unpaired) electrons. The molecule has 0 aliphatic heterocycles. The molecule has 1 atom stereocenters. The van der Waals surface area contributed by atoms with Gasteiger partial charge in [0.1, 0.15) is 0 Å². The van der Waals surface area contributed by atoms with Crippen molar-refractivity contribution in [3.05, 3.63) is 90.0 Å². The predicted molar refractivity (Wildman–Crippen MR) is 87.8 cm³/mol. The number of fused-ring (bicyclic) bond motifs is 1. The van der Waals surface area contributed by atoms with Crippen molar-refractivity contribution in [1.82, 2.24) is 0 Å². The van der Waals surface area contributed by atoms with E-state index in [-0.39, 0.29) is 0 Å². The Kier molecular flexibility index (Phi) is 3.64. The third-order valence-corrected chi connectivity index (χ3v) is 3.68. The van der Waals surface area contributed by atoms with Crippen molar-refractivity contribution in [2.24, 2.45) is 0 Å². The van der Waals surface area contributed by atoms with Crippen molar-refractivity contribution >= 4 is 16.8 Å². The Morgan fingerprint density at radius 1 is 0.750 bits per heavy atom. The lowest BCUT2D eigenvalue weighted by Crippen LogP contribution is -1.89. The summed E-state index contributed by atoms with van der Waals surface area (Å²) in [5.74, 6) is 0.416. The van der Waals surface area contributed by atoms with Crippen LogP contribution in [-0.2, 0) is 0 Å². The highest BCUT2D eigenvalue weighted by Gasteiger charge is 2.02. The molecule has 3 aromatic carbocycles. The van der Waals surface area contributed by atoms with E-state index in [2.05, 4.69) is 85.8 Å². The van der Waals surface area contributed by atoms with Crippen LogP contribution in [0.2, 0.25) is 0 Å². The smallest absolute Gasteiger partial charge is 0.000688 e. The molecule has 0 fully saturated rings. The summed E-state index contributed by atoms with van der Waals surface area (Å²) in [4.78, 5) is 0. The third-order valence-electron chi connectivity index (χ3n) is 3.68. The molecule has 1 unspecified atom stereocenters. The van der Waals surface area contributed by atoms with Crippen LogP contribution in [0.3, 0.4) is 0 Å². The van der Waals surface area contributed by atoms with Gasteiger partial charge in [-0.2, -0.15) is 0 Å². The van der Waals surface area contributed by atoms with Gasteiger partial charge in [0.05, 0.1) is 0 Å². The highest BCUT2D eigenvalue weighted by Crippen LogP contribution is 2.23. The highest BCUT2D eigenvalue weighted by atomic mass is 14.1. The second-order valence-electron chi connectivity index (χ2n) is 5.17. The molecule has 3 aromatic rings. The Morgan fingerprint density at radius 3 is 2.25 bits per heavy atom. The molecule has 0 heterocycles. The van der Waals surface area contributed by atoms with Crippen LogP contribution in [0, 0.1) is 0 Å². The van der Waals surface area contributed by atoms with Gasteiger partial charge in [-0.3, -0.25) is 0 Å². The van der Waals surface area contributed by atoms with E-state index in [1.54, 1.807) is 0 Å². The summed E-state index contributed by atoms with van der Waals surface area (Å²) >= 11 is 0. The van der Waals surface area contributed by atoms with Crippen molar-refractivity contribution in [3.8, 4) is 0 Å². The van der Waals surface area contributed by atoms with E-state index in [0.29, 0.717) is 5.92 Å². The lowest BCUT2D eigenvalue weighted by Gasteiger charge is -2.08. The molecule has 0 N–H and O–H groups in total. The molecule has 0 spiro atoms. The zero-order valence-electron chi connectivity index (χ0n) is 11.7. The fourth-order valence-electron chi connectivity index (χ4n) is 2.42. The first kappa shape index (κ1) is 12.7. The zero-order valence-corrected chi connectivity index (χ0v) is 11.7. The lowest BCUT2D eigenvalue weighted by atomic mass is 9.97. The molecule has 0 aromatic heterocycles. The average molecular weight is 258 g/mol. The molecule has 3 rings (SSSR count). The molecule has 0 heteroatoms. The van der Waals surface area contributed by atoms with Crippen molar-refractivity contribution < 1.29 is 0 Å². The van der Waals surface area contributed by atoms with E-state index >= 15 is 0 Å². The molecule has 0 saturated heterocycles. The fraction of sp³-hybridized carbons (Fsp3) is 0.100. The topological polar surface area (TPSA) is 0 Å². The summed E-state index contributed by atoms with van der Waals surface area (Å²) in [5.41, 5.74) is 2.61. The van der Waals surface area contributed by atoms with Gasteiger partial charge in [0.2, 0.25) is 0 Å². The second-order valence-corrected chi connectivity index (χ2v) is 5.17. The molecule has 0 nitrogen and oxygen atoms in total. The monoisotopic (exact) mass is 258 g/mol. The average Bonchev–Trinajstić information content (AvgIpc) is 2.53. The van der Waals surface area contributed by atoms with Gasteiger partial charge < -0.3 is 0 Å². The van der Waals surface area contributed by atoms with Gasteiger partial charge in [0, 0.05) is 0 Å². The number of allylic oxidation sites excluding steroid dienone is 1. The Morgan fingerprint density at radius 2 is 1.45 bits per heavy atom. The van der Waals surface area contributed by atoms with Crippen LogP contribution in [0.4, 0.5) is 0 Å². The third kappa shape index (κ3) is 2.80. The van der Waals surface area contributed by atoms with Crippen LogP contribution in [0.1, 0.15) is 24.0 Å². The van der Waals surface area contributed by atoms with Crippen LogP contribution < -0.4 is 0 Å². The van der Waals surface area contributed by atoms with E-state index in [9.17, 15) is 0 Å². The lowest BCUT2D eigenvalue weighted by molar-refractivity contribution is 0.976.